The summed E-state index contributed by atoms with van der Waals surface area (Å²) in [5.41, 5.74) is 0. The van der Waals surface area contributed by atoms with Crippen LogP contribution in [0.3, 0.4) is 0 Å². The van der Waals surface area contributed by atoms with Gasteiger partial charge in [0.05, 0.1) is 19.3 Å². The van der Waals surface area contributed by atoms with Gasteiger partial charge in [-0.2, -0.15) is 0 Å². The second-order valence-corrected chi connectivity index (χ2v) is 4.21. The molecule has 3 nitrogen and oxygen atoms in total. The molecule has 13 heavy (non-hydrogen) atoms. The summed E-state index contributed by atoms with van der Waals surface area (Å²) in [6.45, 7) is 7.92. The second kappa shape index (κ2) is 3.56. The van der Waals surface area contributed by atoms with E-state index in [0.717, 1.165) is 6.61 Å². The van der Waals surface area contributed by atoms with Crippen molar-refractivity contribution in [3.05, 3.63) is 0 Å². The highest BCUT2D eigenvalue weighted by Crippen LogP contribution is 2.31. The second-order valence-electron chi connectivity index (χ2n) is 4.21. The fraction of sp³-hybridized carbons (Fsp3) is 1.00. The molecule has 0 saturated carbocycles. The first-order valence-electron chi connectivity index (χ1n) is 5.07. The molecule has 0 aromatic rings. The lowest BCUT2D eigenvalue weighted by Crippen LogP contribution is -2.53. The SMILES string of the molecule is CC1OCC2OCC(C)C(C)C2O1. The van der Waals surface area contributed by atoms with Crippen molar-refractivity contribution >= 4 is 0 Å². The van der Waals surface area contributed by atoms with Crippen molar-refractivity contribution < 1.29 is 14.2 Å². The van der Waals surface area contributed by atoms with Crippen LogP contribution in [0.2, 0.25) is 0 Å². The third-order valence-corrected chi connectivity index (χ3v) is 3.20. The minimum atomic E-state index is -0.0717. The molecule has 0 spiro atoms. The molecule has 0 aliphatic carbocycles. The van der Waals surface area contributed by atoms with Crippen molar-refractivity contribution in [1.82, 2.24) is 0 Å². The van der Waals surface area contributed by atoms with Crippen LogP contribution in [0.4, 0.5) is 0 Å². The molecule has 0 N–H and O–H groups in total. The van der Waals surface area contributed by atoms with Gasteiger partial charge in [-0.1, -0.05) is 13.8 Å². The zero-order valence-corrected chi connectivity index (χ0v) is 8.53. The third-order valence-electron chi connectivity index (χ3n) is 3.20. The van der Waals surface area contributed by atoms with Gasteiger partial charge in [-0.3, -0.25) is 0 Å². The summed E-state index contributed by atoms with van der Waals surface area (Å²) in [5, 5.41) is 0. The predicted molar refractivity (Wildman–Crippen MR) is 48.4 cm³/mol. The highest BCUT2D eigenvalue weighted by Gasteiger charge is 2.40. The minimum Gasteiger partial charge on any atom is -0.373 e. The lowest BCUT2D eigenvalue weighted by molar-refractivity contribution is -0.286. The van der Waals surface area contributed by atoms with E-state index in [1.165, 1.54) is 0 Å². The van der Waals surface area contributed by atoms with Crippen LogP contribution in [-0.4, -0.2) is 31.7 Å². The molecule has 3 heteroatoms. The molecule has 76 valence electrons. The van der Waals surface area contributed by atoms with Crippen LogP contribution >= 0.6 is 0 Å². The molecule has 0 radical (unpaired) electrons. The Bertz CT molecular complexity index is 179. The van der Waals surface area contributed by atoms with Crippen molar-refractivity contribution in [2.75, 3.05) is 13.2 Å². The standard InChI is InChI=1S/C10H18O3/c1-6-4-12-9-5-11-8(3)13-10(9)7(6)2/h6-10H,4-5H2,1-3H3. The first-order valence-corrected chi connectivity index (χ1v) is 5.07. The van der Waals surface area contributed by atoms with Crippen LogP contribution in [0.1, 0.15) is 20.8 Å². The summed E-state index contributed by atoms with van der Waals surface area (Å²) in [6, 6.07) is 0. The topological polar surface area (TPSA) is 27.7 Å². The first kappa shape index (κ1) is 9.44. The number of rotatable bonds is 0. The van der Waals surface area contributed by atoms with Gasteiger partial charge in [0.15, 0.2) is 6.29 Å². The lowest BCUT2D eigenvalue weighted by Gasteiger charge is -2.44. The van der Waals surface area contributed by atoms with E-state index in [9.17, 15) is 0 Å². The molecule has 5 atom stereocenters. The van der Waals surface area contributed by atoms with E-state index >= 15 is 0 Å². The van der Waals surface area contributed by atoms with E-state index in [4.69, 9.17) is 14.2 Å². The van der Waals surface area contributed by atoms with Crippen LogP contribution in [-0.2, 0) is 14.2 Å². The van der Waals surface area contributed by atoms with Gasteiger partial charge in [-0.25, -0.2) is 0 Å². The van der Waals surface area contributed by atoms with E-state index in [2.05, 4.69) is 13.8 Å². The minimum absolute atomic E-state index is 0.0717. The average molecular weight is 186 g/mol. The average Bonchev–Trinajstić information content (AvgIpc) is 2.12. The molecule has 0 aromatic heterocycles. The molecule has 2 rings (SSSR count). The molecule has 2 heterocycles. The molecule has 0 aromatic carbocycles. The Morgan fingerprint density at radius 1 is 1.00 bits per heavy atom. The molecule has 2 aliphatic heterocycles. The van der Waals surface area contributed by atoms with Gasteiger partial charge < -0.3 is 14.2 Å². The van der Waals surface area contributed by atoms with E-state index in [1.54, 1.807) is 0 Å². The summed E-state index contributed by atoms with van der Waals surface area (Å²) >= 11 is 0. The fourth-order valence-corrected chi connectivity index (χ4v) is 2.03. The van der Waals surface area contributed by atoms with E-state index < -0.39 is 0 Å². The monoisotopic (exact) mass is 186 g/mol. The molecular formula is C10H18O3. The number of ether oxygens (including phenoxy) is 3. The van der Waals surface area contributed by atoms with E-state index in [-0.39, 0.29) is 18.5 Å². The largest absolute Gasteiger partial charge is 0.373 e. The lowest BCUT2D eigenvalue weighted by atomic mass is 9.85. The van der Waals surface area contributed by atoms with Gasteiger partial charge in [-0.05, 0) is 18.8 Å². The maximum absolute atomic E-state index is 5.73. The Labute approximate surface area is 79.4 Å². The van der Waals surface area contributed by atoms with Gasteiger partial charge in [0, 0.05) is 0 Å². The van der Waals surface area contributed by atoms with Crippen molar-refractivity contribution in [1.29, 1.82) is 0 Å². The fourth-order valence-electron chi connectivity index (χ4n) is 2.03. The quantitative estimate of drug-likeness (QED) is 0.572. The maximum Gasteiger partial charge on any atom is 0.155 e. The Hall–Kier alpha value is -0.120. The molecule has 0 amide bonds. The number of fused-ring (bicyclic) bond motifs is 1. The molecular weight excluding hydrogens is 168 g/mol. The summed E-state index contributed by atoms with van der Waals surface area (Å²) in [4.78, 5) is 0. The van der Waals surface area contributed by atoms with Gasteiger partial charge >= 0.3 is 0 Å². The Morgan fingerprint density at radius 2 is 1.77 bits per heavy atom. The number of hydrogen-bond acceptors (Lipinski definition) is 3. The number of hydrogen-bond donors (Lipinski definition) is 0. The first-order chi connectivity index (χ1) is 6.18. The molecule has 2 aliphatic rings. The molecule has 2 fully saturated rings. The van der Waals surface area contributed by atoms with Gasteiger partial charge in [0.25, 0.3) is 0 Å². The molecule has 2 saturated heterocycles. The third kappa shape index (κ3) is 1.73. The van der Waals surface area contributed by atoms with Gasteiger partial charge in [0.1, 0.15) is 6.10 Å². The van der Waals surface area contributed by atoms with Gasteiger partial charge in [0.2, 0.25) is 0 Å². The zero-order chi connectivity index (χ0) is 9.42. The Kier molecular flexibility index (Phi) is 2.58. The maximum atomic E-state index is 5.73. The van der Waals surface area contributed by atoms with Crippen LogP contribution in [0.5, 0.6) is 0 Å². The normalized spacial score (nSPS) is 51.5. The zero-order valence-electron chi connectivity index (χ0n) is 8.53. The van der Waals surface area contributed by atoms with Crippen molar-refractivity contribution in [2.45, 2.75) is 39.3 Å². The highest BCUT2D eigenvalue weighted by atomic mass is 16.7. The van der Waals surface area contributed by atoms with Crippen LogP contribution < -0.4 is 0 Å². The Morgan fingerprint density at radius 3 is 2.54 bits per heavy atom. The predicted octanol–water partition coefficient (Wildman–Crippen LogP) is 1.42. The van der Waals surface area contributed by atoms with Crippen LogP contribution in [0, 0.1) is 11.8 Å². The van der Waals surface area contributed by atoms with Crippen molar-refractivity contribution in [2.24, 2.45) is 11.8 Å². The van der Waals surface area contributed by atoms with Crippen LogP contribution in [0.15, 0.2) is 0 Å². The van der Waals surface area contributed by atoms with E-state index in [0.29, 0.717) is 18.4 Å². The van der Waals surface area contributed by atoms with Crippen LogP contribution in [0.25, 0.3) is 0 Å². The summed E-state index contributed by atoms with van der Waals surface area (Å²) in [7, 11) is 0. The van der Waals surface area contributed by atoms with Gasteiger partial charge in [-0.15, -0.1) is 0 Å². The summed E-state index contributed by atoms with van der Waals surface area (Å²) in [6.07, 6.45) is 0.312. The molecule has 0 bridgehead atoms. The Balaban J connectivity index is 2.04. The summed E-state index contributed by atoms with van der Waals surface area (Å²) in [5.74, 6) is 1.16. The van der Waals surface area contributed by atoms with Crippen molar-refractivity contribution in [3.63, 3.8) is 0 Å². The highest BCUT2D eigenvalue weighted by molar-refractivity contribution is 4.85. The smallest absolute Gasteiger partial charge is 0.155 e. The molecule has 5 unspecified atom stereocenters. The van der Waals surface area contributed by atoms with Crippen molar-refractivity contribution in [3.8, 4) is 0 Å². The summed E-state index contributed by atoms with van der Waals surface area (Å²) < 4.78 is 16.8. The van der Waals surface area contributed by atoms with E-state index in [1.807, 2.05) is 6.92 Å².